The fourth-order valence-corrected chi connectivity index (χ4v) is 3.97. The minimum absolute atomic E-state index is 0.333. The Balaban J connectivity index is 2.10. The molecule has 0 saturated heterocycles. The molecule has 2 rings (SSSR count). The lowest BCUT2D eigenvalue weighted by Gasteiger charge is -2.06. The Labute approximate surface area is 165 Å². The van der Waals surface area contributed by atoms with Crippen molar-refractivity contribution in [3.05, 3.63) is 26.4 Å². The standard InChI is InChI=1S/C17H22N4O4S2/c1-5-6-7-18-16(24)21-17-19-10(3)12(27-17)14(22)20-11-9(2)8-26-13(11)15(23)25-4/h8H,5-7H2,1-4H3,(H,20,22)(H2,18,19,21,24). The molecule has 0 aromatic carbocycles. The predicted octanol–water partition coefficient (Wildman–Crippen LogP) is 3.78. The molecule has 0 spiro atoms. The first-order chi connectivity index (χ1) is 12.9. The molecular weight excluding hydrogens is 388 g/mol. The van der Waals surface area contributed by atoms with Crippen LogP contribution in [0.1, 0.15) is 50.4 Å². The first kappa shape index (κ1) is 20.8. The van der Waals surface area contributed by atoms with Crippen LogP contribution in [0, 0.1) is 13.8 Å². The van der Waals surface area contributed by atoms with E-state index < -0.39 is 11.9 Å². The molecule has 146 valence electrons. The van der Waals surface area contributed by atoms with Crippen LogP contribution in [0.25, 0.3) is 0 Å². The van der Waals surface area contributed by atoms with Gasteiger partial charge in [-0.25, -0.2) is 14.6 Å². The Morgan fingerprint density at radius 3 is 2.59 bits per heavy atom. The molecule has 2 heterocycles. The van der Waals surface area contributed by atoms with Crippen LogP contribution < -0.4 is 16.0 Å². The second-order valence-electron chi connectivity index (χ2n) is 5.74. The number of hydrogen-bond donors (Lipinski definition) is 3. The van der Waals surface area contributed by atoms with E-state index >= 15 is 0 Å². The van der Waals surface area contributed by atoms with Gasteiger partial charge in [0.1, 0.15) is 9.75 Å². The van der Waals surface area contributed by atoms with E-state index in [1.54, 1.807) is 19.2 Å². The molecule has 27 heavy (non-hydrogen) atoms. The summed E-state index contributed by atoms with van der Waals surface area (Å²) in [5.74, 6) is -0.897. The third kappa shape index (κ3) is 5.27. The number of rotatable bonds is 7. The zero-order valence-corrected chi connectivity index (χ0v) is 17.2. The van der Waals surface area contributed by atoms with Gasteiger partial charge in [-0.1, -0.05) is 24.7 Å². The Morgan fingerprint density at radius 2 is 1.93 bits per heavy atom. The number of urea groups is 1. The molecular formula is C17H22N4O4S2. The number of unbranched alkanes of at least 4 members (excludes halogenated alkanes) is 1. The summed E-state index contributed by atoms with van der Waals surface area (Å²) in [7, 11) is 1.29. The number of methoxy groups -OCH3 is 1. The SMILES string of the molecule is CCCCNC(=O)Nc1nc(C)c(C(=O)Nc2c(C)csc2C(=O)OC)s1. The van der Waals surface area contributed by atoms with Gasteiger partial charge in [0.05, 0.1) is 18.5 Å². The fourth-order valence-electron chi connectivity index (χ4n) is 2.19. The molecule has 3 N–H and O–H groups in total. The lowest BCUT2D eigenvalue weighted by Crippen LogP contribution is -2.29. The first-order valence-corrected chi connectivity index (χ1v) is 10.1. The summed E-state index contributed by atoms with van der Waals surface area (Å²) in [4.78, 5) is 41.2. The number of aryl methyl sites for hydroxylation is 2. The van der Waals surface area contributed by atoms with Crippen molar-refractivity contribution in [1.29, 1.82) is 0 Å². The summed E-state index contributed by atoms with van der Waals surface area (Å²) in [5.41, 5.74) is 1.69. The first-order valence-electron chi connectivity index (χ1n) is 8.37. The van der Waals surface area contributed by atoms with Crippen molar-refractivity contribution in [2.75, 3.05) is 24.3 Å². The Morgan fingerprint density at radius 1 is 1.19 bits per heavy atom. The van der Waals surface area contributed by atoms with Gasteiger partial charge in [0.15, 0.2) is 5.13 Å². The number of thiophene rings is 1. The van der Waals surface area contributed by atoms with E-state index in [1.807, 2.05) is 6.92 Å². The molecule has 3 amide bonds. The Hall–Kier alpha value is -2.46. The van der Waals surface area contributed by atoms with E-state index in [-0.39, 0.29) is 6.03 Å². The normalized spacial score (nSPS) is 10.4. The van der Waals surface area contributed by atoms with Crippen molar-refractivity contribution in [3.63, 3.8) is 0 Å². The molecule has 0 bridgehead atoms. The maximum Gasteiger partial charge on any atom is 0.350 e. The highest BCUT2D eigenvalue weighted by atomic mass is 32.1. The second kappa shape index (κ2) is 9.47. The van der Waals surface area contributed by atoms with E-state index in [0.717, 1.165) is 29.7 Å². The van der Waals surface area contributed by atoms with E-state index in [4.69, 9.17) is 4.74 Å². The monoisotopic (exact) mass is 410 g/mol. The number of thiazole rings is 1. The van der Waals surface area contributed by atoms with Crippen LogP contribution in [-0.4, -0.2) is 36.5 Å². The molecule has 10 heteroatoms. The van der Waals surface area contributed by atoms with E-state index in [2.05, 4.69) is 20.9 Å². The highest BCUT2D eigenvalue weighted by Gasteiger charge is 2.22. The van der Waals surface area contributed by atoms with Crippen molar-refractivity contribution >= 4 is 51.4 Å². The van der Waals surface area contributed by atoms with E-state index in [0.29, 0.717) is 32.8 Å². The smallest absolute Gasteiger partial charge is 0.350 e. The van der Waals surface area contributed by atoms with Gasteiger partial charge in [0.25, 0.3) is 5.91 Å². The minimum Gasteiger partial charge on any atom is -0.465 e. The van der Waals surface area contributed by atoms with Crippen molar-refractivity contribution in [2.45, 2.75) is 33.6 Å². The molecule has 8 nitrogen and oxygen atoms in total. The molecule has 0 aliphatic carbocycles. The Kier molecular flexibility index (Phi) is 7.31. The summed E-state index contributed by atoms with van der Waals surface area (Å²) < 4.78 is 4.75. The molecule has 0 fully saturated rings. The van der Waals surface area contributed by atoms with Crippen LogP contribution in [0.4, 0.5) is 15.6 Å². The summed E-state index contributed by atoms with van der Waals surface area (Å²) in [6.45, 7) is 6.10. The summed E-state index contributed by atoms with van der Waals surface area (Å²) >= 11 is 2.28. The van der Waals surface area contributed by atoms with Gasteiger partial charge in [-0.15, -0.1) is 11.3 Å². The van der Waals surface area contributed by atoms with Crippen LogP contribution in [0.2, 0.25) is 0 Å². The average Bonchev–Trinajstić information content (AvgIpc) is 3.17. The summed E-state index contributed by atoms with van der Waals surface area (Å²) in [6.07, 6.45) is 1.87. The highest BCUT2D eigenvalue weighted by molar-refractivity contribution is 7.18. The number of carbonyl (C=O) groups excluding carboxylic acids is 3. The van der Waals surface area contributed by atoms with Gasteiger partial charge in [0.2, 0.25) is 0 Å². The molecule has 2 aromatic heterocycles. The van der Waals surface area contributed by atoms with Gasteiger partial charge in [-0.3, -0.25) is 10.1 Å². The molecule has 2 aromatic rings. The maximum atomic E-state index is 12.6. The molecule has 0 aliphatic rings. The Bertz CT molecular complexity index is 844. The number of carbonyl (C=O) groups is 3. The number of esters is 1. The fraction of sp³-hybridized carbons (Fsp3) is 0.412. The average molecular weight is 411 g/mol. The number of amides is 3. The van der Waals surface area contributed by atoms with Crippen LogP contribution in [0.15, 0.2) is 5.38 Å². The zero-order chi connectivity index (χ0) is 20.0. The van der Waals surface area contributed by atoms with E-state index in [9.17, 15) is 14.4 Å². The van der Waals surface area contributed by atoms with Crippen LogP contribution >= 0.6 is 22.7 Å². The number of nitrogens with one attached hydrogen (secondary N) is 3. The second-order valence-corrected chi connectivity index (χ2v) is 7.62. The number of aromatic nitrogens is 1. The van der Waals surface area contributed by atoms with E-state index in [1.165, 1.54) is 18.4 Å². The summed E-state index contributed by atoms with van der Waals surface area (Å²) in [5, 5.41) is 10.2. The quantitative estimate of drug-likeness (QED) is 0.475. The molecule has 0 unspecified atom stereocenters. The zero-order valence-electron chi connectivity index (χ0n) is 15.6. The van der Waals surface area contributed by atoms with Crippen molar-refractivity contribution in [2.24, 2.45) is 0 Å². The van der Waals surface area contributed by atoms with Gasteiger partial charge in [-0.2, -0.15) is 0 Å². The molecule has 0 aliphatic heterocycles. The van der Waals surface area contributed by atoms with Gasteiger partial charge in [-0.05, 0) is 31.2 Å². The van der Waals surface area contributed by atoms with Crippen LogP contribution in [0.3, 0.4) is 0 Å². The number of hydrogen-bond acceptors (Lipinski definition) is 7. The van der Waals surface area contributed by atoms with Crippen molar-refractivity contribution in [3.8, 4) is 0 Å². The van der Waals surface area contributed by atoms with Crippen LogP contribution in [-0.2, 0) is 4.74 Å². The van der Waals surface area contributed by atoms with Gasteiger partial charge >= 0.3 is 12.0 Å². The molecule has 0 saturated carbocycles. The van der Waals surface area contributed by atoms with Crippen molar-refractivity contribution in [1.82, 2.24) is 10.3 Å². The van der Waals surface area contributed by atoms with Gasteiger partial charge < -0.3 is 15.4 Å². The maximum absolute atomic E-state index is 12.6. The highest BCUT2D eigenvalue weighted by Crippen LogP contribution is 2.30. The largest absolute Gasteiger partial charge is 0.465 e. The number of ether oxygens (including phenoxy) is 1. The third-order valence-corrected chi connectivity index (χ3v) is 5.77. The third-order valence-electron chi connectivity index (χ3n) is 3.62. The topological polar surface area (TPSA) is 109 Å². The summed E-state index contributed by atoms with van der Waals surface area (Å²) in [6, 6.07) is -0.356. The lowest BCUT2D eigenvalue weighted by molar-refractivity contribution is 0.0607. The van der Waals surface area contributed by atoms with Gasteiger partial charge in [0, 0.05) is 6.54 Å². The molecule has 0 atom stereocenters. The number of anilines is 2. The minimum atomic E-state index is -0.504. The molecule has 0 radical (unpaired) electrons. The number of nitrogens with zero attached hydrogens (tertiary/aromatic N) is 1. The van der Waals surface area contributed by atoms with Crippen LogP contribution in [0.5, 0.6) is 0 Å². The lowest BCUT2D eigenvalue weighted by atomic mass is 10.2. The van der Waals surface area contributed by atoms with Crippen molar-refractivity contribution < 1.29 is 19.1 Å². The predicted molar refractivity (Wildman–Crippen MR) is 107 cm³/mol.